The van der Waals surface area contributed by atoms with E-state index in [1.165, 1.54) is 6.20 Å². The number of pyridine rings is 1. The van der Waals surface area contributed by atoms with E-state index in [0.717, 1.165) is 0 Å². The van der Waals surface area contributed by atoms with Gasteiger partial charge >= 0.3 is 12.0 Å². The van der Waals surface area contributed by atoms with Crippen LogP contribution < -0.4 is 15.4 Å². The topological polar surface area (TPSA) is 124 Å². The number of carboxylic acid groups (broad SMARTS) is 1. The number of ether oxygens (including phenoxy) is 1. The summed E-state index contributed by atoms with van der Waals surface area (Å²) >= 11 is 0. The van der Waals surface area contributed by atoms with Gasteiger partial charge in [0.05, 0.1) is 19.1 Å². The largest absolute Gasteiger partial charge is 0.490 e. The number of carbonyl (C=O) groups is 2. The average molecular weight is 292 g/mol. The number of carbonyl (C=O) groups excluding carboxylic acids is 1. The van der Waals surface area contributed by atoms with E-state index in [0.29, 0.717) is 25.2 Å². The van der Waals surface area contributed by atoms with Crippen LogP contribution in [0.1, 0.15) is 19.3 Å². The number of rotatable bonds is 8. The van der Waals surface area contributed by atoms with Gasteiger partial charge in [-0.15, -0.1) is 0 Å². The maximum Gasteiger partial charge on any atom is 0.320 e. The molecule has 3 N–H and O–H groups in total. The van der Waals surface area contributed by atoms with E-state index >= 15 is 0 Å². The first-order valence-corrected chi connectivity index (χ1v) is 6.35. The molecule has 1 aromatic heterocycles. The Bertz CT molecular complexity index is 527. The van der Waals surface area contributed by atoms with Crippen LogP contribution in [-0.4, -0.2) is 35.2 Å². The molecular weight excluding hydrogens is 276 g/mol. The number of nitriles is 1. The third-order valence-corrected chi connectivity index (χ3v) is 2.32. The summed E-state index contributed by atoms with van der Waals surface area (Å²) in [5.74, 6) is -0.360. The highest BCUT2D eigenvalue weighted by atomic mass is 16.5. The molecule has 0 bridgehead atoms. The predicted molar refractivity (Wildman–Crippen MR) is 73.9 cm³/mol. The maximum atomic E-state index is 11.6. The van der Waals surface area contributed by atoms with E-state index in [4.69, 9.17) is 15.1 Å². The first-order valence-electron chi connectivity index (χ1n) is 6.35. The van der Waals surface area contributed by atoms with Gasteiger partial charge in [-0.3, -0.25) is 10.1 Å². The van der Waals surface area contributed by atoms with E-state index in [1.807, 2.05) is 6.07 Å². The lowest BCUT2D eigenvalue weighted by Crippen LogP contribution is -2.31. The summed E-state index contributed by atoms with van der Waals surface area (Å²) < 4.78 is 5.43. The smallest absolute Gasteiger partial charge is 0.320 e. The Morgan fingerprint density at radius 3 is 3.00 bits per heavy atom. The highest BCUT2D eigenvalue weighted by Crippen LogP contribution is 2.20. The molecule has 8 heteroatoms. The molecule has 0 spiro atoms. The number of amides is 2. The molecule has 0 aromatic carbocycles. The first kappa shape index (κ1) is 16.2. The van der Waals surface area contributed by atoms with Crippen molar-refractivity contribution in [2.75, 3.05) is 18.5 Å². The van der Waals surface area contributed by atoms with E-state index in [1.54, 1.807) is 12.1 Å². The van der Waals surface area contributed by atoms with Crippen LogP contribution in [0.5, 0.6) is 5.75 Å². The summed E-state index contributed by atoms with van der Waals surface area (Å²) in [7, 11) is 0. The number of hydrogen-bond donors (Lipinski definition) is 3. The standard InChI is InChI=1S/C13H16N4O4/c14-6-1-2-9-21-10-4-3-7-15-12(10)17-13(20)16-8-5-11(18)19/h3-4,7H,1-2,5,8-9H2,(H,18,19)(H2,15,16,17,20). The van der Waals surface area contributed by atoms with E-state index in [-0.39, 0.29) is 18.8 Å². The minimum atomic E-state index is -0.991. The number of nitrogens with one attached hydrogen (secondary N) is 2. The van der Waals surface area contributed by atoms with Gasteiger partial charge in [-0.2, -0.15) is 5.26 Å². The highest BCUT2D eigenvalue weighted by molar-refractivity contribution is 5.89. The number of unbranched alkanes of at least 4 members (excludes halogenated alkanes) is 1. The second-order valence-corrected chi connectivity index (χ2v) is 3.98. The molecule has 0 fully saturated rings. The van der Waals surface area contributed by atoms with Gasteiger partial charge in [-0.05, 0) is 18.6 Å². The van der Waals surface area contributed by atoms with Crippen LogP contribution in [0.2, 0.25) is 0 Å². The quantitative estimate of drug-likeness (QED) is 0.621. The van der Waals surface area contributed by atoms with Gasteiger partial charge in [0.1, 0.15) is 0 Å². The summed E-state index contributed by atoms with van der Waals surface area (Å²) in [5.41, 5.74) is 0. The minimum absolute atomic E-state index is 0.0202. The molecule has 112 valence electrons. The van der Waals surface area contributed by atoms with Crippen molar-refractivity contribution in [1.82, 2.24) is 10.3 Å². The molecule has 0 saturated carbocycles. The Kier molecular flexibility index (Phi) is 7.07. The van der Waals surface area contributed by atoms with Crippen LogP contribution in [0, 0.1) is 11.3 Å². The van der Waals surface area contributed by atoms with Crippen LogP contribution in [0.4, 0.5) is 10.6 Å². The van der Waals surface area contributed by atoms with Gasteiger partial charge in [0.25, 0.3) is 0 Å². The number of nitrogens with zero attached hydrogens (tertiary/aromatic N) is 2. The van der Waals surface area contributed by atoms with Crippen molar-refractivity contribution in [1.29, 1.82) is 5.26 Å². The SMILES string of the molecule is N#CCCCOc1cccnc1NC(=O)NCCC(=O)O. The fourth-order valence-electron chi connectivity index (χ4n) is 1.37. The fraction of sp³-hybridized carbons (Fsp3) is 0.385. The molecule has 0 radical (unpaired) electrons. The number of anilines is 1. The molecular formula is C13H16N4O4. The van der Waals surface area contributed by atoms with Crippen LogP contribution >= 0.6 is 0 Å². The van der Waals surface area contributed by atoms with Crippen molar-refractivity contribution in [2.45, 2.75) is 19.3 Å². The van der Waals surface area contributed by atoms with Crippen molar-refractivity contribution in [3.05, 3.63) is 18.3 Å². The number of aromatic nitrogens is 1. The second kappa shape index (κ2) is 9.14. The van der Waals surface area contributed by atoms with Gasteiger partial charge in [0.15, 0.2) is 11.6 Å². The molecule has 21 heavy (non-hydrogen) atoms. The molecule has 2 amide bonds. The summed E-state index contributed by atoms with van der Waals surface area (Å²) in [4.78, 5) is 25.9. The molecule has 0 saturated heterocycles. The highest BCUT2D eigenvalue weighted by Gasteiger charge is 2.09. The minimum Gasteiger partial charge on any atom is -0.490 e. The van der Waals surface area contributed by atoms with Crippen molar-refractivity contribution >= 4 is 17.8 Å². The first-order chi connectivity index (χ1) is 10.1. The van der Waals surface area contributed by atoms with Gasteiger partial charge < -0.3 is 15.2 Å². The van der Waals surface area contributed by atoms with Gasteiger partial charge in [0.2, 0.25) is 0 Å². The monoisotopic (exact) mass is 292 g/mol. The number of hydrogen-bond acceptors (Lipinski definition) is 5. The Morgan fingerprint density at radius 1 is 1.48 bits per heavy atom. The fourth-order valence-corrected chi connectivity index (χ4v) is 1.37. The third kappa shape index (κ3) is 6.77. The van der Waals surface area contributed by atoms with Gasteiger partial charge in [-0.25, -0.2) is 9.78 Å². The molecule has 1 heterocycles. The van der Waals surface area contributed by atoms with Crippen molar-refractivity contribution in [3.63, 3.8) is 0 Å². The molecule has 8 nitrogen and oxygen atoms in total. The lowest BCUT2D eigenvalue weighted by atomic mass is 10.3. The summed E-state index contributed by atoms with van der Waals surface area (Å²) in [6.45, 7) is 0.362. The number of urea groups is 1. The van der Waals surface area contributed by atoms with Crippen molar-refractivity contribution in [2.24, 2.45) is 0 Å². The lowest BCUT2D eigenvalue weighted by molar-refractivity contribution is -0.136. The zero-order chi connectivity index (χ0) is 15.5. The molecule has 0 aliphatic rings. The van der Waals surface area contributed by atoms with Gasteiger partial charge in [-0.1, -0.05) is 0 Å². The maximum absolute atomic E-state index is 11.6. The van der Waals surface area contributed by atoms with Crippen LogP contribution in [-0.2, 0) is 4.79 Å². The molecule has 1 aromatic rings. The summed E-state index contributed by atoms with van der Waals surface area (Å²) in [5, 5.41) is 21.8. The van der Waals surface area contributed by atoms with E-state index in [9.17, 15) is 9.59 Å². The van der Waals surface area contributed by atoms with E-state index < -0.39 is 12.0 Å². The number of carboxylic acids is 1. The summed E-state index contributed by atoms with van der Waals surface area (Å²) in [6, 6.07) is 4.76. The Morgan fingerprint density at radius 2 is 2.29 bits per heavy atom. The predicted octanol–water partition coefficient (Wildman–Crippen LogP) is 1.36. The van der Waals surface area contributed by atoms with Crippen LogP contribution in [0.3, 0.4) is 0 Å². The molecule has 1 rings (SSSR count). The second-order valence-electron chi connectivity index (χ2n) is 3.98. The van der Waals surface area contributed by atoms with E-state index in [2.05, 4.69) is 15.6 Å². The Hall–Kier alpha value is -2.82. The zero-order valence-electron chi connectivity index (χ0n) is 11.3. The normalized spacial score (nSPS) is 9.48. The summed E-state index contributed by atoms with van der Waals surface area (Å²) in [6.07, 6.45) is 2.30. The van der Waals surface area contributed by atoms with Crippen LogP contribution in [0.15, 0.2) is 18.3 Å². The molecule has 0 aliphatic carbocycles. The zero-order valence-corrected chi connectivity index (χ0v) is 11.3. The van der Waals surface area contributed by atoms with Crippen molar-refractivity contribution in [3.8, 4) is 11.8 Å². The Balaban J connectivity index is 2.48. The van der Waals surface area contributed by atoms with Crippen LogP contribution in [0.25, 0.3) is 0 Å². The van der Waals surface area contributed by atoms with Crippen molar-refractivity contribution < 1.29 is 19.4 Å². The molecule has 0 unspecified atom stereocenters. The third-order valence-electron chi connectivity index (χ3n) is 2.32. The average Bonchev–Trinajstić information content (AvgIpc) is 2.45. The molecule has 0 aliphatic heterocycles. The van der Waals surface area contributed by atoms with Gasteiger partial charge in [0, 0.05) is 19.2 Å². The lowest BCUT2D eigenvalue weighted by Gasteiger charge is -2.11. The molecule has 0 atom stereocenters. The Labute approximate surface area is 121 Å². The number of aliphatic carboxylic acids is 1.